The summed E-state index contributed by atoms with van der Waals surface area (Å²) in [5, 5.41) is 9.06. The van der Waals surface area contributed by atoms with Crippen molar-refractivity contribution in [2.75, 3.05) is 6.54 Å². The van der Waals surface area contributed by atoms with Crippen molar-refractivity contribution in [3.05, 3.63) is 46.2 Å². The fourth-order valence-corrected chi connectivity index (χ4v) is 6.65. The Labute approximate surface area is 277 Å². The second-order valence-corrected chi connectivity index (χ2v) is 13.0. The van der Waals surface area contributed by atoms with Crippen LogP contribution in [0.5, 0.6) is 0 Å². The van der Waals surface area contributed by atoms with E-state index in [2.05, 4.69) is 16.0 Å². The van der Waals surface area contributed by atoms with Crippen molar-refractivity contribution in [1.29, 1.82) is 0 Å². The maximum atomic E-state index is 14.3. The van der Waals surface area contributed by atoms with Gasteiger partial charge in [0.2, 0.25) is 23.6 Å². The van der Waals surface area contributed by atoms with E-state index in [9.17, 15) is 28.8 Å². The largest absolute Gasteiger partial charge is 0.347 e. The predicted molar refractivity (Wildman–Crippen MR) is 180 cm³/mol. The number of nitrogens with zero attached hydrogens (tertiary/aromatic N) is 2. The highest BCUT2D eigenvalue weighted by atomic mass is 16.2. The fraction of sp³-hybridized carbons (Fsp3) is 0.611. The van der Waals surface area contributed by atoms with Crippen LogP contribution < -0.4 is 21.4 Å². The van der Waals surface area contributed by atoms with E-state index in [-0.39, 0.29) is 35.0 Å². The van der Waals surface area contributed by atoms with Crippen LogP contribution >= 0.6 is 0 Å². The summed E-state index contributed by atoms with van der Waals surface area (Å²) < 4.78 is 1.91. The average molecular weight is 650 g/mol. The van der Waals surface area contributed by atoms with Crippen LogP contribution in [0.4, 0.5) is 0 Å². The molecule has 0 radical (unpaired) electrons. The number of aryl methyl sites for hydroxylation is 1. The standard InChI is InChI=1S/C36H51N5O6/c1-5-20-40-22-26(32(43)25-16-11-12-18-28(25)40)31-35(46)38-30(23(4)6-2)36(47)41-21-14-13-19-29(41)34(45)37-27(33(44)39-31)17-10-8-9-15-24(42)7-3/h11-12,16,18,22-23,27,29-31H,5-10,13-15,17,19-21H2,1-4H3,(H,37,45)(H,38,46)(H,39,44)/t23-,27-,29+,30-,31-/m0/s1. The van der Waals surface area contributed by atoms with E-state index in [0.717, 1.165) is 24.8 Å². The number of carbonyl (C=O) groups is 5. The Morgan fingerprint density at radius 1 is 0.915 bits per heavy atom. The first kappa shape index (κ1) is 35.8. The summed E-state index contributed by atoms with van der Waals surface area (Å²) >= 11 is 0. The molecule has 4 rings (SSSR count). The average Bonchev–Trinajstić information content (AvgIpc) is 3.08. The Morgan fingerprint density at radius 3 is 2.40 bits per heavy atom. The molecule has 0 unspecified atom stereocenters. The van der Waals surface area contributed by atoms with Gasteiger partial charge in [-0.05, 0) is 56.6 Å². The van der Waals surface area contributed by atoms with Crippen molar-refractivity contribution in [2.24, 2.45) is 5.92 Å². The summed E-state index contributed by atoms with van der Waals surface area (Å²) in [5.41, 5.74) is 0.428. The minimum Gasteiger partial charge on any atom is -0.347 e. The Morgan fingerprint density at radius 2 is 1.68 bits per heavy atom. The van der Waals surface area contributed by atoms with Crippen molar-refractivity contribution in [3.63, 3.8) is 0 Å². The summed E-state index contributed by atoms with van der Waals surface area (Å²) in [6.07, 6.45) is 8.09. The number of carbonyl (C=O) groups excluding carboxylic acids is 5. The molecule has 11 nitrogen and oxygen atoms in total. The van der Waals surface area contributed by atoms with Crippen LogP contribution in [0.2, 0.25) is 0 Å². The molecule has 3 N–H and O–H groups in total. The molecule has 47 heavy (non-hydrogen) atoms. The van der Waals surface area contributed by atoms with Crippen molar-refractivity contribution < 1.29 is 24.0 Å². The molecule has 4 amide bonds. The van der Waals surface area contributed by atoms with E-state index in [0.29, 0.717) is 63.4 Å². The zero-order valence-corrected chi connectivity index (χ0v) is 28.3. The van der Waals surface area contributed by atoms with Crippen LogP contribution in [-0.2, 0) is 30.5 Å². The highest BCUT2D eigenvalue weighted by Crippen LogP contribution is 2.24. The number of piperidine rings is 1. The number of ketones is 1. The molecule has 5 atom stereocenters. The van der Waals surface area contributed by atoms with Crippen molar-refractivity contribution in [2.45, 2.75) is 129 Å². The number of aromatic nitrogens is 1. The van der Waals surface area contributed by atoms with Gasteiger partial charge in [0.15, 0.2) is 5.43 Å². The number of nitrogens with one attached hydrogen (secondary N) is 3. The van der Waals surface area contributed by atoms with Crippen LogP contribution in [0, 0.1) is 5.92 Å². The van der Waals surface area contributed by atoms with Gasteiger partial charge in [-0.2, -0.15) is 0 Å². The molecular weight excluding hydrogens is 598 g/mol. The van der Waals surface area contributed by atoms with Gasteiger partial charge in [0.1, 0.15) is 30.0 Å². The molecule has 0 bridgehead atoms. The molecule has 11 heteroatoms. The van der Waals surface area contributed by atoms with E-state index in [1.807, 2.05) is 44.4 Å². The smallest absolute Gasteiger partial charge is 0.248 e. The first-order chi connectivity index (χ1) is 22.6. The number of hydrogen-bond donors (Lipinski definition) is 3. The molecule has 0 saturated carbocycles. The maximum absolute atomic E-state index is 14.3. The number of hydrogen-bond acceptors (Lipinski definition) is 6. The first-order valence-electron chi connectivity index (χ1n) is 17.5. The van der Waals surface area contributed by atoms with Crippen LogP contribution in [0.3, 0.4) is 0 Å². The summed E-state index contributed by atoms with van der Waals surface area (Å²) in [5.74, 6) is -2.05. The topological polar surface area (TPSA) is 147 Å². The summed E-state index contributed by atoms with van der Waals surface area (Å²) in [6, 6.07) is 3.06. The normalized spacial score (nSPS) is 23.2. The minimum absolute atomic E-state index is 0.0920. The van der Waals surface area contributed by atoms with E-state index < -0.39 is 41.9 Å². The number of pyridine rings is 1. The number of rotatable bonds is 12. The van der Waals surface area contributed by atoms with Gasteiger partial charge >= 0.3 is 0 Å². The monoisotopic (exact) mass is 649 g/mol. The highest BCUT2D eigenvalue weighted by molar-refractivity contribution is 5.98. The molecule has 2 saturated heterocycles. The van der Waals surface area contributed by atoms with Crippen molar-refractivity contribution in [1.82, 2.24) is 25.4 Å². The molecule has 256 valence electrons. The molecule has 2 aromatic rings. The van der Waals surface area contributed by atoms with Gasteiger partial charge in [0.05, 0.1) is 5.52 Å². The SMILES string of the molecule is CCCn1cc([C@@H]2NC(=O)[C@H](CCCCCC(=O)CC)NC(=O)[C@H]3CCCCN3C(=O)[C@H]([C@@H](C)CC)NC2=O)c(=O)c2ccccc21. The van der Waals surface area contributed by atoms with Gasteiger partial charge in [-0.25, -0.2) is 0 Å². The van der Waals surface area contributed by atoms with Crippen LogP contribution in [0.15, 0.2) is 35.3 Å². The molecule has 0 spiro atoms. The first-order valence-corrected chi connectivity index (χ1v) is 17.5. The van der Waals surface area contributed by atoms with Gasteiger partial charge in [0, 0.05) is 43.1 Å². The lowest BCUT2D eigenvalue weighted by Crippen LogP contribution is -2.63. The van der Waals surface area contributed by atoms with E-state index in [1.54, 1.807) is 23.2 Å². The maximum Gasteiger partial charge on any atom is 0.248 e. The molecule has 0 aliphatic carbocycles. The summed E-state index contributed by atoms with van der Waals surface area (Å²) in [6.45, 7) is 8.60. The molecular formula is C36H51N5O6. The third kappa shape index (κ3) is 8.48. The summed E-state index contributed by atoms with van der Waals surface area (Å²) in [7, 11) is 0. The third-order valence-corrected chi connectivity index (χ3v) is 9.68. The minimum atomic E-state index is -1.40. The van der Waals surface area contributed by atoms with Crippen LogP contribution in [0.1, 0.15) is 110 Å². The number of para-hydroxylation sites is 1. The second-order valence-electron chi connectivity index (χ2n) is 13.0. The van der Waals surface area contributed by atoms with E-state index in [4.69, 9.17) is 0 Å². The third-order valence-electron chi connectivity index (χ3n) is 9.68. The molecule has 2 aliphatic heterocycles. The van der Waals surface area contributed by atoms with E-state index in [1.165, 1.54) is 0 Å². The predicted octanol–water partition coefficient (Wildman–Crippen LogP) is 3.91. The number of amides is 4. The van der Waals surface area contributed by atoms with Gasteiger partial charge in [-0.3, -0.25) is 28.8 Å². The molecule has 2 fully saturated rings. The Balaban J connectivity index is 1.77. The van der Waals surface area contributed by atoms with Crippen molar-refractivity contribution >= 4 is 40.3 Å². The lowest BCUT2D eigenvalue weighted by Gasteiger charge is -2.39. The lowest BCUT2D eigenvalue weighted by atomic mass is 9.93. The zero-order valence-electron chi connectivity index (χ0n) is 28.3. The Bertz CT molecular complexity index is 1520. The lowest BCUT2D eigenvalue weighted by molar-refractivity contribution is -0.147. The van der Waals surface area contributed by atoms with Gasteiger partial charge in [0.25, 0.3) is 0 Å². The summed E-state index contributed by atoms with van der Waals surface area (Å²) in [4.78, 5) is 83.6. The molecule has 2 aliphatic rings. The van der Waals surface area contributed by atoms with Crippen molar-refractivity contribution in [3.8, 4) is 0 Å². The number of benzene rings is 1. The Hall–Kier alpha value is -4.02. The van der Waals surface area contributed by atoms with Gasteiger partial charge in [-0.1, -0.05) is 59.1 Å². The van der Waals surface area contributed by atoms with E-state index >= 15 is 0 Å². The van der Waals surface area contributed by atoms with Gasteiger partial charge in [-0.15, -0.1) is 0 Å². The highest BCUT2D eigenvalue weighted by Gasteiger charge is 2.41. The quantitative estimate of drug-likeness (QED) is 0.297. The van der Waals surface area contributed by atoms with Crippen LogP contribution in [0.25, 0.3) is 10.9 Å². The zero-order chi connectivity index (χ0) is 34.1. The number of Topliss-reactive ketones (excluding diaryl/α,β-unsaturated/α-hetero) is 1. The fourth-order valence-electron chi connectivity index (χ4n) is 6.65. The molecule has 3 heterocycles. The van der Waals surface area contributed by atoms with Crippen LogP contribution in [-0.4, -0.2) is 63.5 Å². The number of unbranched alkanes of at least 4 members (excludes halogenated alkanes) is 2. The number of fused-ring (bicyclic) bond motifs is 2. The molecule has 1 aromatic heterocycles. The van der Waals surface area contributed by atoms with Gasteiger partial charge < -0.3 is 25.4 Å². The Kier molecular flexibility index (Phi) is 12.7. The second kappa shape index (κ2) is 16.7. The molecule has 1 aromatic carbocycles.